The fraction of sp³-hybridized carbons (Fsp3) is 0.794. The maximum absolute atomic E-state index is 14.7. The molecule has 0 N–H and O–H groups in total. The first-order chi connectivity index (χ1) is 18.5. The van der Waals surface area contributed by atoms with Gasteiger partial charge in [0.15, 0.2) is 11.6 Å². The average Bonchev–Trinajstić information content (AvgIpc) is 3.50. The maximum atomic E-state index is 14.7. The number of carbonyl (C=O) groups excluding carboxylic acids is 2. The smallest absolute Gasteiger partial charge is 0.222 e. The van der Waals surface area contributed by atoms with Gasteiger partial charge in [-0.25, -0.2) is 0 Å². The molecule has 0 saturated heterocycles. The number of allylic oxidation sites excluding steroid dienone is 2. The number of aromatic nitrogens is 2. The van der Waals surface area contributed by atoms with Gasteiger partial charge in [-0.15, -0.1) is 10.2 Å². The van der Waals surface area contributed by atoms with Crippen LogP contribution in [0.3, 0.4) is 0 Å². The lowest BCUT2D eigenvalue weighted by molar-refractivity contribution is -0.169. The molecule has 9 atom stereocenters. The lowest BCUT2D eigenvalue weighted by Gasteiger charge is -2.69. The molecule has 5 saturated carbocycles. The van der Waals surface area contributed by atoms with Crippen molar-refractivity contribution in [2.24, 2.45) is 56.2 Å². The molecular formula is C34H45N3O3. The van der Waals surface area contributed by atoms with Crippen molar-refractivity contribution in [3.05, 3.63) is 23.4 Å². The Morgan fingerprint density at radius 1 is 0.925 bits per heavy atom. The number of nitrogens with zero attached hydrogens (tertiary/aromatic N) is 3. The topological polar surface area (TPSA) is 96.9 Å². The predicted molar refractivity (Wildman–Crippen MR) is 150 cm³/mol. The highest BCUT2D eigenvalue weighted by Gasteiger charge is 2.80. The number of aryl methyl sites for hydroxylation is 1. The highest BCUT2D eigenvalue weighted by atomic mass is 16.4. The van der Waals surface area contributed by atoms with Gasteiger partial charge >= 0.3 is 0 Å². The van der Waals surface area contributed by atoms with Gasteiger partial charge in [-0.2, -0.15) is 5.26 Å². The van der Waals surface area contributed by atoms with Gasteiger partial charge in [0.1, 0.15) is 5.41 Å². The van der Waals surface area contributed by atoms with Crippen LogP contribution in [0, 0.1) is 74.4 Å². The highest BCUT2D eigenvalue weighted by Crippen LogP contribution is 2.81. The van der Waals surface area contributed by atoms with Crippen LogP contribution in [-0.4, -0.2) is 21.8 Å². The van der Waals surface area contributed by atoms with E-state index in [1.165, 1.54) is 5.57 Å². The molecule has 1 aromatic rings. The van der Waals surface area contributed by atoms with Crippen LogP contribution < -0.4 is 0 Å². The van der Waals surface area contributed by atoms with Crippen LogP contribution in [0.25, 0.3) is 0 Å². The molecule has 214 valence electrons. The fourth-order valence-electron chi connectivity index (χ4n) is 11.9. The minimum atomic E-state index is -0.889. The molecule has 40 heavy (non-hydrogen) atoms. The van der Waals surface area contributed by atoms with Crippen molar-refractivity contribution in [3.63, 3.8) is 0 Å². The van der Waals surface area contributed by atoms with Gasteiger partial charge in [0.25, 0.3) is 0 Å². The molecular weight excluding hydrogens is 498 g/mol. The third-order valence-corrected chi connectivity index (χ3v) is 14.3. The zero-order chi connectivity index (χ0) is 28.9. The largest absolute Gasteiger partial charge is 0.425 e. The zero-order valence-corrected chi connectivity index (χ0v) is 25.6. The van der Waals surface area contributed by atoms with Crippen molar-refractivity contribution in [2.45, 2.75) is 112 Å². The molecule has 2 unspecified atom stereocenters. The van der Waals surface area contributed by atoms with Crippen molar-refractivity contribution in [1.82, 2.24) is 10.2 Å². The first-order valence-corrected chi connectivity index (χ1v) is 15.6. The molecule has 0 aromatic carbocycles. The van der Waals surface area contributed by atoms with Gasteiger partial charge in [0.05, 0.1) is 11.5 Å². The first kappa shape index (κ1) is 26.6. The number of hydrogen-bond acceptors (Lipinski definition) is 6. The number of hydrogen-bond donors (Lipinski definition) is 0. The second-order valence-corrected chi connectivity index (χ2v) is 16.7. The molecule has 0 aliphatic heterocycles. The summed E-state index contributed by atoms with van der Waals surface area (Å²) in [6, 6.07) is 2.49. The molecule has 1 heterocycles. The fourth-order valence-corrected chi connectivity index (χ4v) is 11.9. The normalized spacial score (nSPS) is 49.8. The SMILES string of the molecule is Cc1nnc([C@]23CCC(C)(C)CC2C2C(=O)C=C4[C@@]5(C)[C@H]6C[C@@]6(C#N)C(=O)C(C)(C)[C@@H]5CC[C@@]4(C)[C@]2(C)CC3)o1. The number of Topliss-reactive ketones (excluding diaryl/α,β-unsaturated/α-hetero) is 1. The molecule has 0 spiro atoms. The molecule has 6 nitrogen and oxygen atoms in total. The van der Waals surface area contributed by atoms with Crippen LogP contribution in [0.2, 0.25) is 0 Å². The number of carbonyl (C=O) groups is 2. The van der Waals surface area contributed by atoms with Crippen LogP contribution in [0.5, 0.6) is 0 Å². The summed E-state index contributed by atoms with van der Waals surface area (Å²) in [5.41, 5.74) is -1.04. The van der Waals surface area contributed by atoms with Crippen LogP contribution in [0.15, 0.2) is 16.1 Å². The zero-order valence-electron chi connectivity index (χ0n) is 25.6. The van der Waals surface area contributed by atoms with Gasteiger partial charge in [-0.1, -0.05) is 54.0 Å². The third-order valence-electron chi connectivity index (χ3n) is 14.3. The number of ketones is 2. The minimum absolute atomic E-state index is 0.00649. The molecule has 5 fully saturated rings. The monoisotopic (exact) mass is 543 g/mol. The van der Waals surface area contributed by atoms with E-state index in [-0.39, 0.29) is 62.3 Å². The standard InChI is InChI=1S/C34H45N3O3/c1-19-36-37-27(40-19)33-13-11-28(2,3)16-20(33)25-21(38)15-23-30(6,31(25,7)12-14-33)10-9-22-29(4,5)26(39)34(18-35)17-24(34)32(22,23)8/h15,20,22,24-25H,9-14,16-17H2,1-8H3/t20?,22-,24+,25?,30+,31+,32-,33-,34-/m0/s1. The van der Waals surface area contributed by atoms with E-state index >= 15 is 0 Å². The summed E-state index contributed by atoms with van der Waals surface area (Å²) in [4.78, 5) is 28.4. The van der Waals surface area contributed by atoms with E-state index in [4.69, 9.17) is 4.42 Å². The molecule has 6 aliphatic rings. The Kier molecular flexibility index (Phi) is 4.90. The van der Waals surface area contributed by atoms with Crippen LogP contribution >= 0.6 is 0 Å². The van der Waals surface area contributed by atoms with Gasteiger partial charge < -0.3 is 4.42 Å². The average molecular weight is 544 g/mol. The van der Waals surface area contributed by atoms with E-state index in [1.54, 1.807) is 0 Å². The van der Waals surface area contributed by atoms with E-state index in [1.807, 2.05) is 13.0 Å². The molecule has 1 aromatic heterocycles. The van der Waals surface area contributed by atoms with Crippen molar-refractivity contribution in [2.75, 3.05) is 0 Å². The highest BCUT2D eigenvalue weighted by molar-refractivity contribution is 5.99. The Morgan fingerprint density at radius 3 is 2.27 bits per heavy atom. The Balaban J connectivity index is 1.40. The third kappa shape index (κ3) is 2.77. The van der Waals surface area contributed by atoms with Crippen molar-refractivity contribution in [3.8, 4) is 6.07 Å². The Morgan fingerprint density at radius 2 is 1.62 bits per heavy atom. The minimum Gasteiger partial charge on any atom is -0.425 e. The Bertz CT molecular complexity index is 1430. The Hall–Kier alpha value is -2.29. The first-order valence-electron chi connectivity index (χ1n) is 15.6. The number of fused-ring (bicyclic) bond motifs is 9. The van der Waals surface area contributed by atoms with E-state index in [2.05, 4.69) is 64.7 Å². The summed E-state index contributed by atoms with van der Waals surface area (Å²) in [5, 5.41) is 19.1. The Labute approximate surface area is 238 Å². The molecule has 6 heteroatoms. The molecule has 0 radical (unpaired) electrons. The molecule has 7 rings (SSSR count). The van der Waals surface area contributed by atoms with Crippen molar-refractivity contribution >= 4 is 11.6 Å². The molecule has 0 bridgehead atoms. The van der Waals surface area contributed by atoms with Gasteiger partial charge in [-0.05, 0) is 96.9 Å². The van der Waals surface area contributed by atoms with E-state index < -0.39 is 10.8 Å². The predicted octanol–water partition coefficient (Wildman–Crippen LogP) is 6.93. The van der Waals surface area contributed by atoms with Crippen LogP contribution in [-0.2, 0) is 15.0 Å². The quantitative estimate of drug-likeness (QED) is 0.381. The van der Waals surface area contributed by atoms with Crippen LogP contribution in [0.1, 0.15) is 112 Å². The van der Waals surface area contributed by atoms with Gasteiger partial charge in [0, 0.05) is 18.3 Å². The lowest BCUT2D eigenvalue weighted by Crippen LogP contribution is -2.66. The second kappa shape index (κ2) is 7.37. The number of rotatable bonds is 1. The van der Waals surface area contributed by atoms with Gasteiger partial charge in [-0.3, -0.25) is 9.59 Å². The summed E-state index contributed by atoms with van der Waals surface area (Å²) in [6.07, 6.45) is 9.54. The number of nitriles is 1. The van der Waals surface area contributed by atoms with E-state index in [9.17, 15) is 14.9 Å². The van der Waals surface area contributed by atoms with E-state index in [0.717, 1.165) is 50.8 Å². The lowest BCUT2D eigenvalue weighted by atomic mass is 9.33. The second-order valence-electron chi connectivity index (χ2n) is 16.7. The molecule has 0 amide bonds. The summed E-state index contributed by atoms with van der Waals surface area (Å²) in [6.45, 7) is 17.8. The summed E-state index contributed by atoms with van der Waals surface area (Å²) in [7, 11) is 0. The van der Waals surface area contributed by atoms with E-state index in [0.29, 0.717) is 12.3 Å². The van der Waals surface area contributed by atoms with Crippen LogP contribution in [0.4, 0.5) is 0 Å². The molecule has 6 aliphatic carbocycles. The summed E-state index contributed by atoms with van der Waals surface area (Å²) < 4.78 is 6.18. The summed E-state index contributed by atoms with van der Waals surface area (Å²) in [5.74, 6) is 1.89. The van der Waals surface area contributed by atoms with Crippen molar-refractivity contribution < 1.29 is 14.0 Å². The maximum Gasteiger partial charge on any atom is 0.222 e. The van der Waals surface area contributed by atoms with Crippen molar-refractivity contribution in [1.29, 1.82) is 5.26 Å². The van der Waals surface area contributed by atoms with Gasteiger partial charge in [0.2, 0.25) is 11.8 Å². The summed E-state index contributed by atoms with van der Waals surface area (Å²) >= 11 is 0.